The third-order valence-electron chi connectivity index (χ3n) is 5.08. The van der Waals surface area contributed by atoms with Crippen LogP contribution in [0.3, 0.4) is 0 Å². The largest absolute Gasteiger partial charge is 0.323 e. The van der Waals surface area contributed by atoms with Crippen molar-refractivity contribution in [3.8, 4) is 0 Å². The van der Waals surface area contributed by atoms with Crippen LogP contribution in [0.25, 0.3) is 0 Å². The van der Waals surface area contributed by atoms with Crippen LogP contribution in [0.5, 0.6) is 0 Å². The highest BCUT2D eigenvalue weighted by Gasteiger charge is 2.60. The van der Waals surface area contributed by atoms with E-state index in [1.165, 1.54) is 12.8 Å². The maximum absolute atomic E-state index is 12.4. The van der Waals surface area contributed by atoms with Gasteiger partial charge in [-0.05, 0) is 44.4 Å². The molecule has 0 aromatic carbocycles. The molecule has 0 aromatic rings. The van der Waals surface area contributed by atoms with Gasteiger partial charge in [-0.1, -0.05) is 13.8 Å². The Labute approximate surface area is 97.6 Å². The van der Waals surface area contributed by atoms with Crippen LogP contribution < -0.4 is 5.32 Å². The maximum atomic E-state index is 12.4. The van der Waals surface area contributed by atoms with E-state index in [2.05, 4.69) is 31.0 Å². The van der Waals surface area contributed by atoms with Crippen LogP contribution in [0.4, 0.5) is 0 Å². The van der Waals surface area contributed by atoms with E-state index < -0.39 is 0 Å². The van der Waals surface area contributed by atoms with Gasteiger partial charge in [0.25, 0.3) is 0 Å². The van der Waals surface area contributed by atoms with Crippen LogP contribution >= 0.6 is 0 Å². The molecule has 90 valence electrons. The van der Waals surface area contributed by atoms with E-state index in [4.69, 9.17) is 0 Å². The molecule has 1 amide bonds. The van der Waals surface area contributed by atoms with Gasteiger partial charge in [0, 0.05) is 6.04 Å². The van der Waals surface area contributed by atoms with Crippen molar-refractivity contribution in [3.63, 3.8) is 0 Å². The molecule has 3 rings (SSSR count). The molecule has 1 aliphatic heterocycles. The first-order valence-corrected chi connectivity index (χ1v) is 6.66. The first-order chi connectivity index (χ1) is 7.55. The van der Waals surface area contributed by atoms with E-state index in [0.717, 1.165) is 18.8 Å². The van der Waals surface area contributed by atoms with Crippen molar-refractivity contribution in [1.29, 1.82) is 0 Å². The molecule has 1 spiro atoms. The molecule has 0 radical (unpaired) electrons. The zero-order valence-corrected chi connectivity index (χ0v) is 10.5. The Balaban J connectivity index is 1.82. The summed E-state index contributed by atoms with van der Waals surface area (Å²) in [6, 6.07) is 0.477. The minimum atomic E-state index is -0.134. The van der Waals surface area contributed by atoms with Crippen molar-refractivity contribution in [2.75, 3.05) is 0 Å². The quantitative estimate of drug-likeness (QED) is 0.733. The molecule has 1 saturated heterocycles. The predicted octanol–water partition coefficient (Wildman–Crippen LogP) is 1.73. The Bertz CT molecular complexity index is 324. The molecule has 3 fully saturated rings. The van der Waals surface area contributed by atoms with Crippen LogP contribution in [0, 0.1) is 11.8 Å². The molecule has 4 unspecified atom stereocenters. The lowest BCUT2D eigenvalue weighted by Gasteiger charge is -2.32. The molecular weight excluding hydrogens is 200 g/mol. The Hall–Kier alpha value is -0.570. The van der Waals surface area contributed by atoms with Crippen LogP contribution in [-0.4, -0.2) is 28.6 Å². The standard InChI is InChI=1S/C13H22N2O/c1-8-4-5-11(9(8)2)15-10(3)14-13(6-7-13)12(15)16/h8-11,14H,4-7H2,1-3H3. The highest BCUT2D eigenvalue weighted by atomic mass is 16.2. The van der Waals surface area contributed by atoms with E-state index in [1.807, 2.05) is 0 Å². The molecule has 0 aromatic heterocycles. The lowest BCUT2D eigenvalue weighted by atomic mass is 9.96. The summed E-state index contributed by atoms with van der Waals surface area (Å²) in [5, 5.41) is 3.49. The average Bonchev–Trinajstić information content (AvgIpc) is 2.89. The summed E-state index contributed by atoms with van der Waals surface area (Å²) in [7, 11) is 0. The molecule has 1 N–H and O–H groups in total. The fraction of sp³-hybridized carbons (Fsp3) is 0.923. The lowest BCUT2D eigenvalue weighted by molar-refractivity contribution is -0.133. The molecule has 3 aliphatic rings. The van der Waals surface area contributed by atoms with Crippen LogP contribution in [-0.2, 0) is 4.79 Å². The van der Waals surface area contributed by atoms with Gasteiger partial charge in [0.1, 0.15) is 0 Å². The smallest absolute Gasteiger partial charge is 0.244 e. The minimum Gasteiger partial charge on any atom is -0.323 e. The minimum absolute atomic E-state index is 0.134. The summed E-state index contributed by atoms with van der Waals surface area (Å²) in [6.07, 6.45) is 4.80. The maximum Gasteiger partial charge on any atom is 0.244 e. The second-order valence-electron chi connectivity index (χ2n) is 6.10. The summed E-state index contributed by atoms with van der Waals surface area (Å²) in [6.45, 7) is 6.76. The Morgan fingerprint density at radius 1 is 1.25 bits per heavy atom. The van der Waals surface area contributed by atoms with Crippen molar-refractivity contribution in [2.24, 2.45) is 11.8 Å². The van der Waals surface area contributed by atoms with Gasteiger partial charge in [0.05, 0.1) is 11.7 Å². The highest BCUT2D eigenvalue weighted by Crippen LogP contribution is 2.45. The number of amides is 1. The van der Waals surface area contributed by atoms with Crippen molar-refractivity contribution < 1.29 is 4.79 Å². The summed E-state index contributed by atoms with van der Waals surface area (Å²) in [5.41, 5.74) is -0.134. The third-order valence-corrected chi connectivity index (χ3v) is 5.08. The molecule has 16 heavy (non-hydrogen) atoms. The molecule has 0 bridgehead atoms. The SMILES string of the molecule is CC1CCC(N2C(=O)C3(CC3)NC2C)C1C. The van der Waals surface area contributed by atoms with Crippen LogP contribution in [0.2, 0.25) is 0 Å². The van der Waals surface area contributed by atoms with Gasteiger partial charge in [-0.2, -0.15) is 0 Å². The van der Waals surface area contributed by atoms with Crippen molar-refractivity contribution in [1.82, 2.24) is 10.2 Å². The molecule has 1 heterocycles. The van der Waals surface area contributed by atoms with Crippen molar-refractivity contribution in [2.45, 2.75) is 64.2 Å². The number of hydrogen-bond donors (Lipinski definition) is 1. The van der Waals surface area contributed by atoms with Gasteiger partial charge in [-0.25, -0.2) is 0 Å². The molecule has 3 heteroatoms. The number of hydrogen-bond acceptors (Lipinski definition) is 2. The average molecular weight is 222 g/mol. The Morgan fingerprint density at radius 2 is 1.94 bits per heavy atom. The third kappa shape index (κ3) is 1.27. The first kappa shape index (κ1) is 10.6. The summed E-state index contributed by atoms with van der Waals surface area (Å²) in [4.78, 5) is 14.6. The zero-order chi connectivity index (χ0) is 11.5. The van der Waals surface area contributed by atoms with Gasteiger partial charge in [-0.15, -0.1) is 0 Å². The summed E-state index contributed by atoms with van der Waals surface area (Å²) in [5.74, 6) is 1.80. The monoisotopic (exact) mass is 222 g/mol. The van der Waals surface area contributed by atoms with Crippen molar-refractivity contribution in [3.05, 3.63) is 0 Å². The Morgan fingerprint density at radius 3 is 2.38 bits per heavy atom. The summed E-state index contributed by atoms with van der Waals surface area (Å²) >= 11 is 0. The van der Waals surface area contributed by atoms with E-state index in [1.54, 1.807) is 0 Å². The summed E-state index contributed by atoms with van der Waals surface area (Å²) < 4.78 is 0. The fourth-order valence-corrected chi connectivity index (χ4v) is 3.61. The second-order valence-corrected chi connectivity index (χ2v) is 6.10. The predicted molar refractivity (Wildman–Crippen MR) is 62.8 cm³/mol. The van der Waals surface area contributed by atoms with E-state index in [-0.39, 0.29) is 11.7 Å². The molecular formula is C13H22N2O. The number of nitrogens with one attached hydrogen (secondary N) is 1. The number of carbonyl (C=O) groups excluding carboxylic acids is 1. The van der Waals surface area contributed by atoms with E-state index in [9.17, 15) is 4.79 Å². The normalized spacial score (nSPS) is 45.7. The fourth-order valence-electron chi connectivity index (χ4n) is 3.61. The van der Waals surface area contributed by atoms with E-state index >= 15 is 0 Å². The number of nitrogens with zero attached hydrogens (tertiary/aromatic N) is 1. The molecule has 4 atom stereocenters. The first-order valence-electron chi connectivity index (χ1n) is 6.66. The van der Waals surface area contributed by atoms with Gasteiger partial charge in [-0.3, -0.25) is 10.1 Å². The second kappa shape index (κ2) is 3.22. The number of carbonyl (C=O) groups is 1. The van der Waals surface area contributed by atoms with Gasteiger partial charge in [0.2, 0.25) is 5.91 Å². The molecule has 2 saturated carbocycles. The van der Waals surface area contributed by atoms with E-state index in [0.29, 0.717) is 17.9 Å². The van der Waals surface area contributed by atoms with Gasteiger partial charge >= 0.3 is 0 Å². The number of rotatable bonds is 1. The van der Waals surface area contributed by atoms with Crippen LogP contribution in [0.15, 0.2) is 0 Å². The Kier molecular flexibility index (Phi) is 2.13. The lowest BCUT2D eigenvalue weighted by Crippen LogP contribution is -2.45. The molecule has 3 nitrogen and oxygen atoms in total. The highest BCUT2D eigenvalue weighted by molar-refractivity contribution is 5.92. The van der Waals surface area contributed by atoms with Gasteiger partial charge < -0.3 is 4.90 Å². The topological polar surface area (TPSA) is 32.3 Å². The molecule has 2 aliphatic carbocycles. The van der Waals surface area contributed by atoms with Crippen molar-refractivity contribution >= 4 is 5.91 Å². The van der Waals surface area contributed by atoms with Crippen LogP contribution in [0.1, 0.15) is 46.5 Å². The zero-order valence-electron chi connectivity index (χ0n) is 10.5. The van der Waals surface area contributed by atoms with Gasteiger partial charge in [0.15, 0.2) is 0 Å².